The van der Waals surface area contributed by atoms with Gasteiger partial charge in [-0.1, -0.05) is 0 Å². The topological polar surface area (TPSA) is 50.5 Å². The van der Waals surface area contributed by atoms with Gasteiger partial charge in [0.15, 0.2) is 17.4 Å². The number of benzene rings is 2. The van der Waals surface area contributed by atoms with Crippen LogP contribution in [0.25, 0.3) is 16.6 Å². The van der Waals surface area contributed by atoms with Crippen molar-refractivity contribution < 1.29 is 18.6 Å². The van der Waals surface area contributed by atoms with Crippen LogP contribution < -0.4 is 4.90 Å². The number of ether oxygens (including phenoxy) is 1. The molecule has 2 aromatic carbocycles. The lowest BCUT2D eigenvalue weighted by Gasteiger charge is -2.48. The number of nitrogens with zero attached hydrogens (tertiary/aromatic N) is 3. The van der Waals surface area contributed by atoms with Crippen LogP contribution in [0.5, 0.6) is 5.75 Å². The monoisotopic (exact) mass is 345 g/mol. The van der Waals surface area contributed by atoms with Gasteiger partial charge < -0.3 is 14.7 Å². The fourth-order valence-corrected chi connectivity index (χ4v) is 3.18. The van der Waals surface area contributed by atoms with E-state index in [4.69, 9.17) is 4.74 Å². The van der Waals surface area contributed by atoms with E-state index in [1.165, 1.54) is 10.9 Å². The van der Waals surface area contributed by atoms with E-state index >= 15 is 0 Å². The molecule has 0 unspecified atom stereocenters. The molecule has 2 heterocycles. The van der Waals surface area contributed by atoms with Gasteiger partial charge in [-0.3, -0.25) is 0 Å². The Morgan fingerprint density at radius 1 is 1.16 bits per heavy atom. The fourth-order valence-electron chi connectivity index (χ4n) is 3.18. The molecule has 1 fully saturated rings. The number of phenols is 1. The molecule has 3 aromatic rings. The Kier molecular flexibility index (Phi) is 3.43. The molecular weight excluding hydrogens is 328 g/mol. The molecule has 0 saturated carbocycles. The summed E-state index contributed by atoms with van der Waals surface area (Å²) < 4.78 is 34.5. The summed E-state index contributed by atoms with van der Waals surface area (Å²) in [6.45, 7) is 3.66. The molecule has 0 spiro atoms. The van der Waals surface area contributed by atoms with Gasteiger partial charge in [-0.25, -0.2) is 13.5 Å². The van der Waals surface area contributed by atoms with E-state index in [0.717, 1.165) is 24.8 Å². The maximum atomic E-state index is 14.3. The number of phenolic OH excluding ortho intramolecular Hbond substituents is 1. The van der Waals surface area contributed by atoms with Crippen LogP contribution in [0.2, 0.25) is 0 Å². The van der Waals surface area contributed by atoms with Crippen LogP contribution in [-0.2, 0) is 4.74 Å². The van der Waals surface area contributed by atoms with Crippen molar-refractivity contribution >= 4 is 16.6 Å². The van der Waals surface area contributed by atoms with Crippen molar-refractivity contribution in [3.05, 3.63) is 48.2 Å². The average Bonchev–Trinajstić information content (AvgIpc) is 3.01. The molecule has 0 aliphatic carbocycles. The lowest BCUT2D eigenvalue weighted by Crippen LogP contribution is -2.61. The molecule has 5 nitrogen and oxygen atoms in total. The van der Waals surface area contributed by atoms with Crippen LogP contribution in [0.15, 0.2) is 36.5 Å². The highest BCUT2D eigenvalue weighted by Crippen LogP contribution is 2.32. The lowest BCUT2D eigenvalue weighted by atomic mass is 9.95. The zero-order valence-electron chi connectivity index (χ0n) is 13.8. The Morgan fingerprint density at radius 2 is 1.80 bits per heavy atom. The van der Waals surface area contributed by atoms with Gasteiger partial charge in [0.2, 0.25) is 0 Å². The Bertz CT molecular complexity index is 947. The van der Waals surface area contributed by atoms with Gasteiger partial charge in [-0.2, -0.15) is 5.10 Å². The van der Waals surface area contributed by atoms with Gasteiger partial charge in [-0.05, 0) is 37.3 Å². The quantitative estimate of drug-likeness (QED) is 0.792. The van der Waals surface area contributed by atoms with E-state index in [1.54, 1.807) is 7.11 Å². The summed E-state index contributed by atoms with van der Waals surface area (Å²) in [6, 6.07) is 8.52. The summed E-state index contributed by atoms with van der Waals surface area (Å²) >= 11 is 0. The first-order chi connectivity index (χ1) is 11.9. The van der Waals surface area contributed by atoms with Gasteiger partial charge in [0.05, 0.1) is 17.5 Å². The highest BCUT2D eigenvalue weighted by Gasteiger charge is 2.38. The van der Waals surface area contributed by atoms with E-state index in [-0.39, 0.29) is 16.5 Å². The molecule has 7 heteroatoms. The smallest absolute Gasteiger partial charge is 0.194 e. The van der Waals surface area contributed by atoms with Crippen molar-refractivity contribution in [1.82, 2.24) is 9.78 Å². The van der Waals surface area contributed by atoms with E-state index < -0.39 is 17.4 Å². The highest BCUT2D eigenvalue weighted by molar-refractivity contribution is 5.82. The lowest BCUT2D eigenvalue weighted by molar-refractivity contribution is -0.0167. The van der Waals surface area contributed by atoms with Crippen molar-refractivity contribution in [3.8, 4) is 11.4 Å². The summed E-state index contributed by atoms with van der Waals surface area (Å²) in [5.41, 5.74) is 1.58. The number of fused-ring (bicyclic) bond motifs is 1. The summed E-state index contributed by atoms with van der Waals surface area (Å²) in [4.78, 5) is 2.18. The minimum atomic E-state index is -1.02. The van der Waals surface area contributed by atoms with Gasteiger partial charge in [0.25, 0.3) is 0 Å². The first kappa shape index (κ1) is 15.8. The highest BCUT2D eigenvalue weighted by atomic mass is 19.1. The third-order valence-electron chi connectivity index (χ3n) is 4.72. The number of anilines is 1. The van der Waals surface area contributed by atoms with E-state index in [9.17, 15) is 13.9 Å². The van der Waals surface area contributed by atoms with Gasteiger partial charge >= 0.3 is 0 Å². The Labute approximate surface area is 143 Å². The summed E-state index contributed by atoms with van der Waals surface area (Å²) in [5, 5.41) is 13.9. The van der Waals surface area contributed by atoms with Crippen LogP contribution in [0.3, 0.4) is 0 Å². The number of aromatic hydroxyl groups is 1. The van der Waals surface area contributed by atoms with E-state index in [2.05, 4.69) is 16.9 Å². The molecular formula is C18H17F2N3O2. The van der Waals surface area contributed by atoms with E-state index in [0.29, 0.717) is 5.69 Å². The number of rotatable bonds is 3. The average molecular weight is 345 g/mol. The zero-order valence-corrected chi connectivity index (χ0v) is 13.8. The number of hydrogen-bond donors (Lipinski definition) is 1. The third kappa shape index (κ3) is 2.42. The molecule has 1 aliphatic heterocycles. The Hall–Kier alpha value is -2.67. The van der Waals surface area contributed by atoms with Gasteiger partial charge in [-0.15, -0.1) is 0 Å². The first-order valence-electron chi connectivity index (χ1n) is 7.87. The van der Waals surface area contributed by atoms with Gasteiger partial charge in [0.1, 0.15) is 5.52 Å². The number of methoxy groups -OCH3 is 1. The number of halogens is 2. The van der Waals surface area contributed by atoms with Crippen LogP contribution in [0.1, 0.15) is 6.92 Å². The molecule has 1 aromatic heterocycles. The van der Waals surface area contributed by atoms with Crippen LogP contribution in [0.4, 0.5) is 14.5 Å². The molecule has 1 N–H and O–H groups in total. The second-order valence-corrected chi connectivity index (χ2v) is 6.54. The summed E-state index contributed by atoms with van der Waals surface area (Å²) in [6.07, 6.45) is 1.37. The van der Waals surface area contributed by atoms with Gasteiger partial charge in [0, 0.05) is 31.3 Å². The van der Waals surface area contributed by atoms with Crippen LogP contribution in [0, 0.1) is 11.6 Å². The largest absolute Gasteiger partial charge is 0.503 e. The molecule has 25 heavy (non-hydrogen) atoms. The van der Waals surface area contributed by atoms with Crippen molar-refractivity contribution in [3.63, 3.8) is 0 Å². The molecule has 0 atom stereocenters. The maximum Gasteiger partial charge on any atom is 0.194 e. The predicted molar refractivity (Wildman–Crippen MR) is 90.3 cm³/mol. The summed E-state index contributed by atoms with van der Waals surface area (Å²) in [5.74, 6) is -3.01. The molecule has 1 aliphatic rings. The molecule has 130 valence electrons. The third-order valence-corrected chi connectivity index (χ3v) is 4.72. The minimum Gasteiger partial charge on any atom is -0.503 e. The van der Waals surface area contributed by atoms with Crippen LogP contribution in [-0.4, -0.2) is 40.7 Å². The van der Waals surface area contributed by atoms with Crippen LogP contribution >= 0.6 is 0 Å². The fraction of sp³-hybridized carbons (Fsp3) is 0.278. The standard InChI is InChI=1S/C18H17F2N3O2/c1-18(25-2)9-22(10-18)12-3-5-13(6-4-12)23-16-11(8-21-23)7-14(19)17(24)15(16)20/h3-8,24H,9-10H2,1-2H3. The van der Waals surface area contributed by atoms with Crippen molar-refractivity contribution in [2.45, 2.75) is 12.5 Å². The molecule has 1 saturated heterocycles. The molecule has 0 radical (unpaired) electrons. The Morgan fingerprint density at radius 3 is 2.44 bits per heavy atom. The zero-order chi connectivity index (χ0) is 17.8. The Balaban J connectivity index is 1.67. The second kappa shape index (κ2) is 5.42. The number of aromatic nitrogens is 2. The first-order valence-corrected chi connectivity index (χ1v) is 7.87. The van der Waals surface area contributed by atoms with Crippen molar-refractivity contribution in [2.24, 2.45) is 0 Å². The summed E-state index contributed by atoms with van der Waals surface area (Å²) in [7, 11) is 1.70. The number of hydrogen-bond acceptors (Lipinski definition) is 4. The molecule has 0 amide bonds. The second-order valence-electron chi connectivity index (χ2n) is 6.54. The SMILES string of the molecule is COC1(C)CN(c2ccc(-n3ncc4cc(F)c(O)c(F)c43)cc2)C1. The van der Waals surface area contributed by atoms with Crippen molar-refractivity contribution in [1.29, 1.82) is 0 Å². The van der Waals surface area contributed by atoms with Crippen molar-refractivity contribution in [2.75, 3.05) is 25.1 Å². The molecule has 0 bridgehead atoms. The predicted octanol–water partition coefficient (Wildman–Crippen LogP) is 3.23. The minimum absolute atomic E-state index is 0.0440. The normalized spacial score (nSPS) is 16.2. The maximum absolute atomic E-state index is 14.3. The van der Waals surface area contributed by atoms with E-state index in [1.807, 2.05) is 24.3 Å². The molecule has 4 rings (SSSR count).